The maximum atomic E-state index is 11.2. The Labute approximate surface area is 105 Å². The third-order valence-electron chi connectivity index (χ3n) is 2.99. The van der Waals surface area contributed by atoms with E-state index in [4.69, 9.17) is 5.11 Å². The lowest BCUT2D eigenvalue weighted by Crippen LogP contribution is -2.32. The van der Waals surface area contributed by atoms with Gasteiger partial charge in [-0.1, -0.05) is 6.08 Å². The fourth-order valence-corrected chi connectivity index (χ4v) is 1.93. The molecular formula is C13H14N2O3. The highest BCUT2D eigenvalue weighted by Gasteiger charge is 2.16. The number of aromatic nitrogens is 1. The highest BCUT2D eigenvalue weighted by Crippen LogP contribution is 2.21. The number of aromatic carboxylic acids is 1. The second-order valence-corrected chi connectivity index (χ2v) is 4.18. The number of carboxylic acids is 1. The molecule has 0 unspecified atom stereocenters. The lowest BCUT2D eigenvalue weighted by atomic mass is 10.0. The SMILES string of the molecule is CC(=O)N1CC=C(c2cc(C(=O)O)ccn2)CC1. The van der Waals surface area contributed by atoms with E-state index in [1.54, 1.807) is 17.9 Å². The largest absolute Gasteiger partial charge is 0.478 e. The third kappa shape index (κ3) is 2.56. The van der Waals surface area contributed by atoms with Crippen molar-refractivity contribution in [3.8, 4) is 0 Å². The average molecular weight is 246 g/mol. The van der Waals surface area contributed by atoms with E-state index >= 15 is 0 Å². The molecule has 0 fully saturated rings. The van der Waals surface area contributed by atoms with Crippen LogP contribution in [-0.4, -0.2) is 40.0 Å². The van der Waals surface area contributed by atoms with Crippen LogP contribution in [0.4, 0.5) is 0 Å². The fraction of sp³-hybridized carbons (Fsp3) is 0.308. The van der Waals surface area contributed by atoms with E-state index in [1.807, 2.05) is 6.08 Å². The number of carbonyl (C=O) groups is 2. The molecule has 5 nitrogen and oxygen atoms in total. The van der Waals surface area contributed by atoms with Crippen LogP contribution < -0.4 is 0 Å². The summed E-state index contributed by atoms with van der Waals surface area (Å²) in [5, 5.41) is 8.92. The summed E-state index contributed by atoms with van der Waals surface area (Å²) in [6.07, 6.45) is 4.13. The Morgan fingerprint density at radius 2 is 2.22 bits per heavy atom. The number of amides is 1. The minimum absolute atomic E-state index is 0.0533. The molecule has 94 valence electrons. The van der Waals surface area contributed by atoms with Crippen LogP contribution >= 0.6 is 0 Å². The van der Waals surface area contributed by atoms with Crippen molar-refractivity contribution in [2.24, 2.45) is 0 Å². The quantitative estimate of drug-likeness (QED) is 0.856. The Morgan fingerprint density at radius 3 is 2.78 bits per heavy atom. The summed E-state index contributed by atoms with van der Waals surface area (Å²) in [7, 11) is 0. The van der Waals surface area contributed by atoms with Gasteiger partial charge < -0.3 is 10.0 Å². The molecule has 0 bridgehead atoms. The zero-order valence-electron chi connectivity index (χ0n) is 10.1. The summed E-state index contributed by atoms with van der Waals surface area (Å²) in [5.41, 5.74) is 1.91. The summed E-state index contributed by atoms with van der Waals surface area (Å²) in [5.74, 6) is -0.905. The first kappa shape index (κ1) is 12.3. The number of nitrogens with zero attached hydrogens (tertiary/aromatic N) is 2. The van der Waals surface area contributed by atoms with Crippen molar-refractivity contribution in [1.82, 2.24) is 9.88 Å². The lowest BCUT2D eigenvalue weighted by molar-refractivity contribution is -0.128. The smallest absolute Gasteiger partial charge is 0.335 e. The number of hydrogen-bond donors (Lipinski definition) is 1. The van der Waals surface area contributed by atoms with Gasteiger partial charge in [-0.2, -0.15) is 0 Å². The molecule has 0 radical (unpaired) electrons. The zero-order chi connectivity index (χ0) is 13.1. The van der Waals surface area contributed by atoms with Crippen molar-refractivity contribution in [2.75, 3.05) is 13.1 Å². The van der Waals surface area contributed by atoms with Crippen molar-refractivity contribution in [2.45, 2.75) is 13.3 Å². The second kappa shape index (κ2) is 5.00. The van der Waals surface area contributed by atoms with Gasteiger partial charge in [-0.15, -0.1) is 0 Å². The maximum absolute atomic E-state index is 11.2. The van der Waals surface area contributed by atoms with Crippen LogP contribution in [-0.2, 0) is 4.79 Å². The van der Waals surface area contributed by atoms with Crippen LogP contribution in [0.5, 0.6) is 0 Å². The number of carboxylic acid groups (broad SMARTS) is 1. The number of carbonyl (C=O) groups excluding carboxylic acids is 1. The third-order valence-corrected chi connectivity index (χ3v) is 2.99. The van der Waals surface area contributed by atoms with Crippen LogP contribution in [0.1, 0.15) is 29.4 Å². The van der Waals surface area contributed by atoms with Gasteiger partial charge in [-0.3, -0.25) is 9.78 Å². The van der Waals surface area contributed by atoms with E-state index in [1.165, 1.54) is 12.3 Å². The molecule has 2 rings (SSSR count). The second-order valence-electron chi connectivity index (χ2n) is 4.18. The van der Waals surface area contributed by atoms with Crippen molar-refractivity contribution in [3.05, 3.63) is 35.7 Å². The molecule has 18 heavy (non-hydrogen) atoms. The first-order valence-electron chi connectivity index (χ1n) is 5.72. The maximum Gasteiger partial charge on any atom is 0.335 e. The molecule has 1 amide bonds. The average Bonchev–Trinajstić information content (AvgIpc) is 2.39. The summed E-state index contributed by atoms with van der Waals surface area (Å²) in [4.78, 5) is 28.0. The Bertz CT molecular complexity index is 523. The topological polar surface area (TPSA) is 70.5 Å². The highest BCUT2D eigenvalue weighted by atomic mass is 16.4. The number of hydrogen-bond acceptors (Lipinski definition) is 3. The normalized spacial score (nSPS) is 15.2. The van der Waals surface area contributed by atoms with Gasteiger partial charge in [0.25, 0.3) is 0 Å². The van der Waals surface area contributed by atoms with Gasteiger partial charge in [0, 0.05) is 26.2 Å². The van der Waals surface area contributed by atoms with Gasteiger partial charge >= 0.3 is 5.97 Å². The Morgan fingerprint density at radius 1 is 1.44 bits per heavy atom. The minimum Gasteiger partial charge on any atom is -0.478 e. The predicted molar refractivity (Wildman–Crippen MR) is 66.0 cm³/mol. The van der Waals surface area contributed by atoms with Gasteiger partial charge in [0.05, 0.1) is 11.3 Å². The first-order chi connectivity index (χ1) is 8.58. The van der Waals surface area contributed by atoms with E-state index in [9.17, 15) is 9.59 Å². The van der Waals surface area contributed by atoms with Gasteiger partial charge in [0.15, 0.2) is 0 Å². The summed E-state index contributed by atoms with van der Waals surface area (Å²) in [6.45, 7) is 2.76. The van der Waals surface area contributed by atoms with Crippen LogP contribution in [0.15, 0.2) is 24.4 Å². The van der Waals surface area contributed by atoms with Crippen molar-refractivity contribution < 1.29 is 14.7 Å². The number of rotatable bonds is 2. The van der Waals surface area contributed by atoms with Crippen LogP contribution in [0.2, 0.25) is 0 Å². The van der Waals surface area contributed by atoms with E-state index in [0.29, 0.717) is 25.2 Å². The van der Waals surface area contributed by atoms with Gasteiger partial charge in [0.1, 0.15) is 0 Å². The molecule has 1 aliphatic rings. The summed E-state index contributed by atoms with van der Waals surface area (Å²) < 4.78 is 0. The molecule has 1 aliphatic heterocycles. The zero-order valence-corrected chi connectivity index (χ0v) is 10.1. The molecule has 2 heterocycles. The van der Waals surface area contributed by atoms with Gasteiger partial charge in [-0.25, -0.2) is 4.79 Å². The molecule has 0 saturated carbocycles. The van der Waals surface area contributed by atoms with Crippen LogP contribution in [0.3, 0.4) is 0 Å². The van der Waals surface area contributed by atoms with Crippen molar-refractivity contribution >= 4 is 17.4 Å². The molecule has 1 aromatic heterocycles. The Balaban J connectivity index is 2.20. The standard InChI is InChI=1S/C13H14N2O3/c1-9(16)15-6-3-10(4-7-15)12-8-11(13(17)18)2-5-14-12/h2-3,5,8H,4,6-7H2,1H3,(H,17,18). The Kier molecular flexibility index (Phi) is 3.41. The predicted octanol–water partition coefficient (Wildman–Crippen LogP) is 1.42. The summed E-state index contributed by atoms with van der Waals surface area (Å²) >= 11 is 0. The van der Waals surface area contributed by atoms with E-state index in [2.05, 4.69) is 4.98 Å². The molecular weight excluding hydrogens is 232 g/mol. The molecule has 0 aliphatic carbocycles. The fourth-order valence-electron chi connectivity index (χ4n) is 1.93. The van der Waals surface area contributed by atoms with Crippen LogP contribution in [0.25, 0.3) is 5.57 Å². The van der Waals surface area contributed by atoms with Gasteiger partial charge in [0.2, 0.25) is 5.91 Å². The van der Waals surface area contributed by atoms with Crippen molar-refractivity contribution in [3.63, 3.8) is 0 Å². The first-order valence-corrected chi connectivity index (χ1v) is 5.72. The molecule has 0 aromatic carbocycles. The van der Waals surface area contributed by atoms with E-state index < -0.39 is 5.97 Å². The molecule has 0 spiro atoms. The highest BCUT2D eigenvalue weighted by molar-refractivity contribution is 5.88. The van der Waals surface area contributed by atoms with E-state index in [-0.39, 0.29) is 11.5 Å². The minimum atomic E-state index is -0.958. The molecule has 0 saturated heterocycles. The number of pyridine rings is 1. The van der Waals surface area contributed by atoms with E-state index in [0.717, 1.165) is 5.57 Å². The molecule has 5 heteroatoms. The lowest BCUT2D eigenvalue weighted by Gasteiger charge is -2.25. The Hall–Kier alpha value is -2.17. The molecule has 1 N–H and O–H groups in total. The molecule has 1 aromatic rings. The van der Waals surface area contributed by atoms with Crippen LogP contribution in [0, 0.1) is 0 Å². The van der Waals surface area contributed by atoms with Gasteiger partial charge in [-0.05, 0) is 24.1 Å². The molecule has 0 atom stereocenters. The van der Waals surface area contributed by atoms with Crippen molar-refractivity contribution in [1.29, 1.82) is 0 Å². The summed E-state index contributed by atoms with van der Waals surface area (Å²) in [6, 6.07) is 3.04. The monoisotopic (exact) mass is 246 g/mol.